The summed E-state index contributed by atoms with van der Waals surface area (Å²) in [5.74, 6) is -2.38. The molecule has 0 aliphatic carbocycles. The number of anilines is 1. The lowest BCUT2D eigenvalue weighted by molar-refractivity contribution is -0.144. The summed E-state index contributed by atoms with van der Waals surface area (Å²) in [6, 6.07) is 3.19. The second-order valence-electron chi connectivity index (χ2n) is 3.09. The number of nitrogens with zero attached hydrogens (tertiary/aromatic N) is 2. The minimum atomic E-state index is -4.70. The van der Waals surface area contributed by atoms with Gasteiger partial charge in [-0.3, -0.25) is 0 Å². The highest BCUT2D eigenvalue weighted by molar-refractivity contribution is 5.87. The van der Waals surface area contributed by atoms with Crippen LogP contribution >= 0.6 is 0 Å². The molecule has 2 N–H and O–H groups in total. The van der Waals surface area contributed by atoms with Crippen LogP contribution in [0, 0.1) is 5.82 Å². The molecule has 0 saturated carbocycles. The Balaban J connectivity index is 2.75. The van der Waals surface area contributed by atoms with E-state index in [4.69, 9.17) is 5.73 Å². The Morgan fingerprint density at radius 1 is 1.12 bits per heavy atom. The molecule has 0 aliphatic heterocycles. The molecule has 1 aromatic heterocycles. The maximum Gasteiger partial charge on any atom is 0.451 e. The van der Waals surface area contributed by atoms with Crippen LogP contribution in [0.2, 0.25) is 0 Å². The third-order valence-electron chi connectivity index (χ3n) is 1.94. The SMILES string of the molecule is Nc1nc(C(F)(F)F)nc2cc(F)ccc12. The fourth-order valence-electron chi connectivity index (χ4n) is 1.25. The van der Waals surface area contributed by atoms with Gasteiger partial charge in [0.2, 0.25) is 5.82 Å². The number of hydrogen-bond acceptors (Lipinski definition) is 3. The number of halogens is 4. The lowest BCUT2D eigenvalue weighted by atomic mass is 10.2. The van der Waals surface area contributed by atoms with Gasteiger partial charge in [-0.05, 0) is 12.1 Å². The molecule has 1 aromatic carbocycles. The summed E-state index contributed by atoms with van der Waals surface area (Å²) in [7, 11) is 0. The van der Waals surface area contributed by atoms with Crippen LogP contribution in [0.3, 0.4) is 0 Å². The van der Waals surface area contributed by atoms with Gasteiger partial charge in [-0.1, -0.05) is 0 Å². The van der Waals surface area contributed by atoms with Crippen molar-refractivity contribution in [2.45, 2.75) is 6.18 Å². The van der Waals surface area contributed by atoms with Crippen LogP contribution in [0.15, 0.2) is 18.2 Å². The standard InChI is InChI=1S/C9H5F4N3/c10-4-1-2-5-6(3-4)15-8(9(11,12)13)16-7(5)14/h1-3H,(H2,14,15,16). The van der Waals surface area contributed by atoms with E-state index < -0.39 is 17.8 Å². The lowest BCUT2D eigenvalue weighted by Gasteiger charge is -2.07. The van der Waals surface area contributed by atoms with Crippen LogP contribution in [0.5, 0.6) is 0 Å². The topological polar surface area (TPSA) is 51.8 Å². The zero-order chi connectivity index (χ0) is 11.9. The number of alkyl halides is 3. The zero-order valence-corrected chi connectivity index (χ0v) is 7.72. The van der Waals surface area contributed by atoms with Crippen molar-refractivity contribution in [1.29, 1.82) is 0 Å². The van der Waals surface area contributed by atoms with Gasteiger partial charge >= 0.3 is 6.18 Å². The van der Waals surface area contributed by atoms with Gasteiger partial charge in [-0.15, -0.1) is 0 Å². The average Bonchev–Trinajstić information content (AvgIpc) is 2.15. The lowest BCUT2D eigenvalue weighted by Crippen LogP contribution is -2.12. The molecule has 0 spiro atoms. The number of fused-ring (bicyclic) bond motifs is 1. The van der Waals surface area contributed by atoms with E-state index in [9.17, 15) is 17.6 Å². The van der Waals surface area contributed by atoms with Crippen LogP contribution in [0.1, 0.15) is 5.82 Å². The number of hydrogen-bond donors (Lipinski definition) is 1. The fraction of sp³-hybridized carbons (Fsp3) is 0.111. The second kappa shape index (κ2) is 3.29. The summed E-state index contributed by atoms with van der Waals surface area (Å²) in [4.78, 5) is 6.33. The molecule has 0 radical (unpaired) electrons. The molecule has 2 aromatic rings. The Kier molecular flexibility index (Phi) is 2.18. The zero-order valence-electron chi connectivity index (χ0n) is 7.72. The van der Waals surface area contributed by atoms with E-state index in [-0.39, 0.29) is 16.7 Å². The molecule has 0 saturated heterocycles. The first-order valence-electron chi connectivity index (χ1n) is 4.18. The van der Waals surface area contributed by atoms with Crippen molar-refractivity contribution in [3.8, 4) is 0 Å². The van der Waals surface area contributed by atoms with Gasteiger partial charge in [0.15, 0.2) is 0 Å². The summed E-state index contributed by atoms with van der Waals surface area (Å²) in [5.41, 5.74) is 5.16. The fourth-order valence-corrected chi connectivity index (χ4v) is 1.25. The maximum atomic E-state index is 12.8. The van der Waals surface area contributed by atoms with E-state index >= 15 is 0 Å². The Labute approximate surface area is 86.9 Å². The summed E-state index contributed by atoms with van der Waals surface area (Å²) < 4.78 is 49.8. The molecule has 0 atom stereocenters. The molecule has 0 amide bonds. The monoisotopic (exact) mass is 231 g/mol. The molecule has 84 valence electrons. The van der Waals surface area contributed by atoms with Crippen molar-refractivity contribution >= 4 is 16.7 Å². The third-order valence-corrected chi connectivity index (χ3v) is 1.94. The third kappa shape index (κ3) is 1.75. The number of benzene rings is 1. The van der Waals surface area contributed by atoms with E-state index in [2.05, 4.69) is 9.97 Å². The highest BCUT2D eigenvalue weighted by Gasteiger charge is 2.35. The van der Waals surface area contributed by atoms with Gasteiger partial charge in [0.25, 0.3) is 0 Å². The van der Waals surface area contributed by atoms with Crippen molar-refractivity contribution in [2.75, 3.05) is 5.73 Å². The Hall–Kier alpha value is -1.92. The molecule has 7 heteroatoms. The maximum absolute atomic E-state index is 12.8. The summed E-state index contributed by atoms with van der Waals surface area (Å²) in [6.45, 7) is 0. The van der Waals surface area contributed by atoms with Crippen molar-refractivity contribution in [3.05, 3.63) is 29.8 Å². The van der Waals surface area contributed by atoms with Crippen molar-refractivity contribution in [2.24, 2.45) is 0 Å². The van der Waals surface area contributed by atoms with Crippen LogP contribution in [-0.2, 0) is 6.18 Å². The molecule has 16 heavy (non-hydrogen) atoms. The largest absolute Gasteiger partial charge is 0.451 e. The molecule has 0 fully saturated rings. The Morgan fingerprint density at radius 3 is 2.44 bits per heavy atom. The van der Waals surface area contributed by atoms with Crippen molar-refractivity contribution < 1.29 is 17.6 Å². The molecule has 0 unspecified atom stereocenters. The van der Waals surface area contributed by atoms with Gasteiger partial charge < -0.3 is 5.73 Å². The Bertz CT molecular complexity index is 550. The molecular formula is C9H5F4N3. The van der Waals surface area contributed by atoms with E-state index in [0.29, 0.717) is 0 Å². The van der Waals surface area contributed by atoms with Gasteiger partial charge in [0.1, 0.15) is 11.6 Å². The molecular weight excluding hydrogens is 226 g/mol. The summed E-state index contributed by atoms with van der Waals surface area (Å²) in [5, 5.41) is 0.189. The molecule has 0 bridgehead atoms. The summed E-state index contributed by atoms with van der Waals surface area (Å²) in [6.07, 6.45) is -4.70. The van der Waals surface area contributed by atoms with Crippen LogP contribution in [-0.4, -0.2) is 9.97 Å². The molecule has 3 nitrogen and oxygen atoms in total. The minimum Gasteiger partial charge on any atom is -0.383 e. The van der Waals surface area contributed by atoms with Gasteiger partial charge in [0.05, 0.1) is 5.52 Å². The predicted molar refractivity (Wildman–Crippen MR) is 48.9 cm³/mol. The quantitative estimate of drug-likeness (QED) is 0.708. The first-order chi connectivity index (χ1) is 7.38. The number of nitrogens with two attached hydrogens (primary N) is 1. The van der Waals surface area contributed by atoms with E-state index in [1.54, 1.807) is 0 Å². The van der Waals surface area contributed by atoms with Crippen LogP contribution < -0.4 is 5.73 Å². The average molecular weight is 231 g/mol. The van der Waals surface area contributed by atoms with Crippen molar-refractivity contribution in [3.63, 3.8) is 0 Å². The summed E-state index contributed by atoms with van der Waals surface area (Å²) >= 11 is 0. The minimum absolute atomic E-state index is 0.167. The predicted octanol–water partition coefficient (Wildman–Crippen LogP) is 2.37. The van der Waals surface area contributed by atoms with Gasteiger partial charge in [-0.25, -0.2) is 14.4 Å². The van der Waals surface area contributed by atoms with E-state index in [1.165, 1.54) is 6.07 Å². The van der Waals surface area contributed by atoms with E-state index in [0.717, 1.165) is 12.1 Å². The van der Waals surface area contributed by atoms with Crippen LogP contribution in [0.4, 0.5) is 23.4 Å². The Morgan fingerprint density at radius 2 is 1.81 bits per heavy atom. The number of aromatic nitrogens is 2. The number of nitrogen functional groups attached to an aromatic ring is 1. The first-order valence-corrected chi connectivity index (χ1v) is 4.18. The normalized spacial score (nSPS) is 12.0. The first kappa shape index (κ1) is 10.6. The number of rotatable bonds is 0. The van der Waals surface area contributed by atoms with Gasteiger partial charge in [-0.2, -0.15) is 13.2 Å². The second-order valence-corrected chi connectivity index (χ2v) is 3.09. The van der Waals surface area contributed by atoms with Crippen LogP contribution in [0.25, 0.3) is 10.9 Å². The van der Waals surface area contributed by atoms with E-state index in [1.807, 2.05) is 0 Å². The van der Waals surface area contributed by atoms with Gasteiger partial charge in [0, 0.05) is 11.5 Å². The smallest absolute Gasteiger partial charge is 0.383 e. The highest BCUT2D eigenvalue weighted by atomic mass is 19.4. The van der Waals surface area contributed by atoms with Crippen molar-refractivity contribution in [1.82, 2.24) is 9.97 Å². The molecule has 2 rings (SSSR count). The molecule has 1 heterocycles. The highest BCUT2D eigenvalue weighted by Crippen LogP contribution is 2.29. The molecule has 0 aliphatic rings.